The molecule has 22 heavy (non-hydrogen) atoms. The van der Waals surface area contributed by atoms with E-state index in [0.717, 1.165) is 38.6 Å². The molecule has 0 saturated carbocycles. The lowest BCUT2D eigenvalue weighted by Gasteiger charge is -2.22. The summed E-state index contributed by atoms with van der Waals surface area (Å²) in [6, 6.07) is 6.15. The molecule has 1 N–H and O–H groups in total. The second-order valence-electron chi connectivity index (χ2n) is 5.32. The molecule has 2 aromatic rings. The molecule has 0 aromatic carbocycles. The molecule has 0 aliphatic heterocycles. The fourth-order valence-corrected chi connectivity index (χ4v) is 2.30. The monoisotopic (exact) mass is 302 g/mol. The second kappa shape index (κ2) is 8.26. The molecule has 0 amide bonds. The van der Waals surface area contributed by atoms with Crippen molar-refractivity contribution in [2.75, 3.05) is 20.1 Å². The van der Waals surface area contributed by atoms with Gasteiger partial charge < -0.3 is 14.8 Å². The van der Waals surface area contributed by atoms with E-state index < -0.39 is 0 Å². The third-order valence-electron chi connectivity index (χ3n) is 3.51. The Hall–Kier alpha value is -2.24. The number of aryl methyl sites for hydroxylation is 2. The number of nitrogens with zero attached hydrogens (tertiary/aromatic N) is 5. The molecule has 2 rings (SSSR count). The van der Waals surface area contributed by atoms with Crippen LogP contribution in [0.5, 0.6) is 0 Å². The average Bonchev–Trinajstić information content (AvgIpc) is 3.15. The predicted octanol–water partition coefficient (Wildman–Crippen LogP) is 1.71. The van der Waals surface area contributed by atoms with Crippen LogP contribution in [0.3, 0.4) is 0 Å². The van der Waals surface area contributed by atoms with Crippen LogP contribution in [0.2, 0.25) is 0 Å². The molecule has 0 bridgehead atoms. The van der Waals surface area contributed by atoms with Gasteiger partial charge in [0.05, 0.1) is 6.54 Å². The summed E-state index contributed by atoms with van der Waals surface area (Å²) in [6.45, 7) is 5.50. The number of hydrogen-bond donors (Lipinski definition) is 1. The lowest BCUT2D eigenvalue weighted by atomic mass is 10.4. The third kappa shape index (κ3) is 4.65. The normalized spacial score (nSPS) is 11.7. The van der Waals surface area contributed by atoms with Crippen molar-refractivity contribution < 1.29 is 0 Å². The van der Waals surface area contributed by atoms with E-state index in [1.165, 1.54) is 5.69 Å². The van der Waals surface area contributed by atoms with Gasteiger partial charge in [-0.05, 0) is 31.5 Å². The number of rotatable bonds is 7. The summed E-state index contributed by atoms with van der Waals surface area (Å²) in [4.78, 5) is 6.86. The highest BCUT2D eigenvalue weighted by Crippen LogP contribution is 2.04. The lowest BCUT2D eigenvalue weighted by molar-refractivity contribution is 0.460. The van der Waals surface area contributed by atoms with E-state index >= 15 is 0 Å². The van der Waals surface area contributed by atoms with Gasteiger partial charge in [0.15, 0.2) is 5.96 Å². The van der Waals surface area contributed by atoms with E-state index in [1.807, 2.05) is 16.9 Å². The van der Waals surface area contributed by atoms with Gasteiger partial charge in [0.2, 0.25) is 0 Å². The van der Waals surface area contributed by atoms with Crippen molar-refractivity contribution in [3.8, 4) is 0 Å². The molecule has 2 aromatic heterocycles. The Balaban J connectivity index is 1.87. The molecule has 0 unspecified atom stereocenters. The lowest BCUT2D eigenvalue weighted by Crippen LogP contribution is -2.38. The maximum atomic E-state index is 4.70. The van der Waals surface area contributed by atoms with E-state index in [-0.39, 0.29) is 0 Å². The standard InChI is InChI=1S/C16H26N6/c1-4-17-16(18-9-6-12-22-13-7-10-19-22)21(3)14-15-8-5-11-20(15)2/h5,7-8,10-11,13H,4,6,9,12,14H2,1-3H3,(H,17,18). The SMILES string of the molecule is CCNC(=NCCCn1cccn1)N(C)Cc1cccn1C. The molecule has 0 fully saturated rings. The zero-order chi connectivity index (χ0) is 15.8. The van der Waals surface area contributed by atoms with Crippen molar-refractivity contribution >= 4 is 5.96 Å². The number of aromatic nitrogens is 3. The van der Waals surface area contributed by atoms with Crippen molar-refractivity contribution in [3.05, 3.63) is 42.5 Å². The summed E-state index contributed by atoms with van der Waals surface area (Å²) in [5.41, 5.74) is 1.27. The minimum Gasteiger partial charge on any atom is -0.357 e. The van der Waals surface area contributed by atoms with Crippen LogP contribution >= 0.6 is 0 Å². The smallest absolute Gasteiger partial charge is 0.194 e. The maximum absolute atomic E-state index is 4.70. The molecule has 0 aliphatic rings. The van der Waals surface area contributed by atoms with Crippen molar-refractivity contribution in [2.45, 2.75) is 26.4 Å². The molecule has 0 atom stereocenters. The second-order valence-corrected chi connectivity index (χ2v) is 5.32. The molecular weight excluding hydrogens is 276 g/mol. The highest BCUT2D eigenvalue weighted by molar-refractivity contribution is 5.79. The topological polar surface area (TPSA) is 50.4 Å². The Bertz CT molecular complexity index is 569. The van der Waals surface area contributed by atoms with Gasteiger partial charge in [0.1, 0.15) is 0 Å². The van der Waals surface area contributed by atoms with Crippen LogP contribution in [-0.2, 0) is 20.1 Å². The Morgan fingerprint density at radius 1 is 1.36 bits per heavy atom. The summed E-state index contributed by atoms with van der Waals surface area (Å²) in [5, 5.41) is 7.56. The Kier molecular flexibility index (Phi) is 6.06. The van der Waals surface area contributed by atoms with Gasteiger partial charge in [-0.25, -0.2) is 0 Å². The molecule has 0 aliphatic carbocycles. The number of aliphatic imine (C=N–C) groups is 1. The summed E-state index contributed by atoms with van der Waals surface area (Å²) in [7, 11) is 4.14. The van der Waals surface area contributed by atoms with Crippen LogP contribution in [0.15, 0.2) is 41.8 Å². The Labute approximate surface area is 132 Å². The highest BCUT2D eigenvalue weighted by Gasteiger charge is 2.07. The molecule has 2 heterocycles. The average molecular weight is 302 g/mol. The van der Waals surface area contributed by atoms with Gasteiger partial charge in [0, 0.05) is 58.0 Å². The summed E-state index contributed by atoms with van der Waals surface area (Å²) in [6.07, 6.45) is 6.84. The molecule has 120 valence electrons. The van der Waals surface area contributed by atoms with E-state index in [9.17, 15) is 0 Å². The van der Waals surface area contributed by atoms with Crippen molar-refractivity contribution in [2.24, 2.45) is 12.0 Å². The minimum atomic E-state index is 0.791. The number of guanidine groups is 1. The van der Waals surface area contributed by atoms with Crippen molar-refractivity contribution in [1.29, 1.82) is 0 Å². The van der Waals surface area contributed by atoms with Gasteiger partial charge in [-0.2, -0.15) is 5.10 Å². The predicted molar refractivity (Wildman–Crippen MR) is 89.7 cm³/mol. The van der Waals surface area contributed by atoms with Crippen LogP contribution in [0.1, 0.15) is 19.0 Å². The molecule has 0 saturated heterocycles. The van der Waals surface area contributed by atoms with Gasteiger partial charge >= 0.3 is 0 Å². The first-order valence-corrected chi connectivity index (χ1v) is 7.77. The van der Waals surface area contributed by atoms with Crippen molar-refractivity contribution in [1.82, 2.24) is 24.6 Å². The fourth-order valence-electron chi connectivity index (χ4n) is 2.30. The van der Waals surface area contributed by atoms with Gasteiger partial charge in [-0.1, -0.05) is 0 Å². The number of nitrogens with one attached hydrogen (secondary N) is 1. The largest absolute Gasteiger partial charge is 0.357 e. The first-order valence-electron chi connectivity index (χ1n) is 7.77. The highest BCUT2D eigenvalue weighted by atomic mass is 15.3. The first kappa shape index (κ1) is 16.1. The summed E-state index contributed by atoms with van der Waals surface area (Å²) >= 11 is 0. The van der Waals surface area contributed by atoms with E-state index in [4.69, 9.17) is 4.99 Å². The zero-order valence-electron chi connectivity index (χ0n) is 13.7. The van der Waals surface area contributed by atoms with Crippen LogP contribution in [0, 0.1) is 0 Å². The Morgan fingerprint density at radius 2 is 2.23 bits per heavy atom. The Morgan fingerprint density at radius 3 is 2.86 bits per heavy atom. The van der Waals surface area contributed by atoms with E-state index in [0.29, 0.717) is 0 Å². The maximum Gasteiger partial charge on any atom is 0.194 e. The van der Waals surface area contributed by atoms with Crippen LogP contribution in [0.4, 0.5) is 0 Å². The summed E-state index contributed by atoms with van der Waals surface area (Å²) < 4.78 is 4.08. The number of hydrogen-bond acceptors (Lipinski definition) is 2. The first-order chi connectivity index (χ1) is 10.7. The quantitative estimate of drug-likeness (QED) is 0.481. The molecule has 6 nitrogen and oxygen atoms in total. The minimum absolute atomic E-state index is 0.791. The van der Waals surface area contributed by atoms with Gasteiger partial charge in [-0.15, -0.1) is 0 Å². The van der Waals surface area contributed by atoms with Crippen LogP contribution in [-0.4, -0.2) is 45.3 Å². The van der Waals surface area contributed by atoms with Crippen molar-refractivity contribution in [3.63, 3.8) is 0 Å². The fraction of sp³-hybridized carbons (Fsp3) is 0.500. The third-order valence-corrected chi connectivity index (χ3v) is 3.51. The molecule has 0 radical (unpaired) electrons. The van der Waals surface area contributed by atoms with E-state index in [1.54, 1.807) is 6.20 Å². The van der Waals surface area contributed by atoms with E-state index in [2.05, 4.69) is 59.2 Å². The van der Waals surface area contributed by atoms with Crippen LogP contribution < -0.4 is 5.32 Å². The van der Waals surface area contributed by atoms with Gasteiger partial charge in [0.25, 0.3) is 0 Å². The zero-order valence-corrected chi connectivity index (χ0v) is 13.7. The molecule has 0 spiro atoms. The van der Waals surface area contributed by atoms with Crippen LogP contribution in [0.25, 0.3) is 0 Å². The molecule has 6 heteroatoms. The van der Waals surface area contributed by atoms with Gasteiger partial charge in [-0.3, -0.25) is 9.67 Å². The summed E-state index contributed by atoms with van der Waals surface area (Å²) in [5.74, 6) is 0.948. The molecular formula is C16H26N6.